The Labute approximate surface area is 116 Å². The van der Waals surface area contributed by atoms with Crippen molar-refractivity contribution in [2.24, 2.45) is 7.05 Å². The lowest BCUT2D eigenvalue weighted by atomic mass is 10.1. The molecular weight excluding hydrogens is 266 g/mol. The number of carbonyl (C=O) groups excluding carboxylic acids is 1. The van der Waals surface area contributed by atoms with Gasteiger partial charge in [0.25, 0.3) is 5.82 Å². The third-order valence-electron chi connectivity index (χ3n) is 2.59. The Hall–Kier alpha value is -1.88. The summed E-state index contributed by atoms with van der Waals surface area (Å²) in [4.78, 5) is 15.7. The van der Waals surface area contributed by atoms with Gasteiger partial charge in [0.1, 0.15) is 5.82 Å². The lowest BCUT2D eigenvalue weighted by molar-refractivity contribution is 0.0512. The van der Waals surface area contributed by atoms with Crippen LogP contribution in [0, 0.1) is 0 Å². The van der Waals surface area contributed by atoms with Crippen molar-refractivity contribution in [1.82, 2.24) is 14.8 Å². The number of benzene rings is 1. The van der Waals surface area contributed by atoms with Crippen LogP contribution >= 0.6 is 11.6 Å². The van der Waals surface area contributed by atoms with Gasteiger partial charge in [-0.1, -0.05) is 23.7 Å². The Morgan fingerprint density at radius 1 is 1.37 bits per heavy atom. The first-order chi connectivity index (χ1) is 9.10. The minimum absolute atomic E-state index is 0.0910. The zero-order valence-corrected chi connectivity index (χ0v) is 11.5. The molecule has 1 aromatic heterocycles. The number of halogens is 1. The van der Waals surface area contributed by atoms with Crippen molar-refractivity contribution in [2.75, 3.05) is 6.61 Å². The number of carbonyl (C=O) groups is 1. The molecule has 0 aliphatic rings. The number of hydrogen-bond acceptors (Lipinski definition) is 4. The predicted octanol–water partition coefficient (Wildman–Crippen LogP) is 2.24. The standard InChI is InChI=1S/C13H14ClN3O2/c1-3-19-13(18)12-15-11(17(2)16-12)8-9-4-6-10(14)7-5-9/h4-7H,3,8H2,1-2H3. The number of aromatic nitrogens is 3. The number of nitrogens with zero attached hydrogens (tertiary/aromatic N) is 3. The predicted molar refractivity (Wildman–Crippen MR) is 71.2 cm³/mol. The summed E-state index contributed by atoms with van der Waals surface area (Å²) in [6, 6.07) is 7.47. The molecule has 0 saturated heterocycles. The van der Waals surface area contributed by atoms with Gasteiger partial charge in [0.15, 0.2) is 0 Å². The largest absolute Gasteiger partial charge is 0.460 e. The van der Waals surface area contributed by atoms with Gasteiger partial charge in [0, 0.05) is 18.5 Å². The van der Waals surface area contributed by atoms with Gasteiger partial charge in [-0.05, 0) is 24.6 Å². The third-order valence-corrected chi connectivity index (χ3v) is 2.84. The molecule has 0 atom stereocenters. The molecule has 0 N–H and O–H groups in total. The molecule has 0 bridgehead atoms. The lowest BCUT2D eigenvalue weighted by Crippen LogP contribution is -2.07. The molecule has 0 aliphatic carbocycles. The zero-order valence-electron chi connectivity index (χ0n) is 10.8. The highest BCUT2D eigenvalue weighted by atomic mass is 35.5. The SMILES string of the molecule is CCOC(=O)c1nc(Cc2ccc(Cl)cc2)n(C)n1. The van der Waals surface area contributed by atoms with Crippen molar-refractivity contribution < 1.29 is 9.53 Å². The van der Waals surface area contributed by atoms with Gasteiger partial charge in [-0.3, -0.25) is 4.68 Å². The molecule has 1 heterocycles. The first-order valence-corrected chi connectivity index (χ1v) is 6.29. The number of esters is 1. The summed E-state index contributed by atoms with van der Waals surface area (Å²) in [7, 11) is 1.75. The van der Waals surface area contributed by atoms with E-state index in [0.29, 0.717) is 23.9 Å². The molecule has 1 aromatic carbocycles. The Morgan fingerprint density at radius 3 is 2.68 bits per heavy atom. The highest BCUT2D eigenvalue weighted by Crippen LogP contribution is 2.12. The third kappa shape index (κ3) is 3.32. The monoisotopic (exact) mass is 279 g/mol. The van der Waals surface area contributed by atoms with Gasteiger partial charge >= 0.3 is 5.97 Å². The lowest BCUT2D eigenvalue weighted by Gasteiger charge is -2.00. The molecule has 5 nitrogen and oxygen atoms in total. The first kappa shape index (κ1) is 13.5. The molecule has 19 heavy (non-hydrogen) atoms. The van der Waals surface area contributed by atoms with Gasteiger partial charge in [-0.2, -0.15) is 0 Å². The fraction of sp³-hybridized carbons (Fsp3) is 0.308. The van der Waals surface area contributed by atoms with E-state index in [1.54, 1.807) is 18.7 Å². The first-order valence-electron chi connectivity index (χ1n) is 5.91. The average Bonchev–Trinajstić information content (AvgIpc) is 2.74. The maximum absolute atomic E-state index is 11.5. The summed E-state index contributed by atoms with van der Waals surface area (Å²) in [6.45, 7) is 2.05. The molecule has 2 aromatic rings. The molecule has 0 spiro atoms. The van der Waals surface area contributed by atoms with Crippen LogP contribution in [0.5, 0.6) is 0 Å². The molecular formula is C13H14ClN3O2. The van der Waals surface area contributed by atoms with Gasteiger partial charge in [-0.25, -0.2) is 9.78 Å². The summed E-state index contributed by atoms with van der Waals surface area (Å²) in [5.41, 5.74) is 1.05. The van der Waals surface area contributed by atoms with Crippen molar-refractivity contribution in [3.05, 3.63) is 46.5 Å². The fourth-order valence-electron chi connectivity index (χ4n) is 1.64. The van der Waals surface area contributed by atoms with E-state index in [-0.39, 0.29) is 5.82 Å². The number of hydrogen-bond donors (Lipinski definition) is 0. The van der Waals surface area contributed by atoms with Crippen LogP contribution in [-0.4, -0.2) is 27.3 Å². The van der Waals surface area contributed by atoms with E-state index in [2.05, 4.69) is 10.1 Å². The second-order valence-corrected chi connectivity index (χ2v) is 4.44. The van der Waals surface area contributed by atoms with Gasteiger partial charge in [-0.15, -0.1) is 5.10 Å². The van der Waals surface area contributed by atoms with Crippen LogP contribution in [0.2, 0.25) is 5.02 Å². The molecule has 2 rings (SSSR count). The van der Waals surface area contributed by atoms with Crippen LogP contribution in [0.3, 0.4) is 0 Å². The molecule has 100 valence electrons. The smallest absolute Gasteiger partial charge is 0.378 e. The molecule has 6 heteroatoms. The summed E-state index contributed by atoms with van der Waals surface area (Å²) in [6.07, 6.45) is 0.583. The van der Waals surface area contributed by atoms with E-state index in [9.17, 15) is 4.79 Å². The highest BCUT2D eigenvalue weighted by Gasteiger charge is 2.15. The summed E-state index contributed by atoms with van der Waals surface area (Å²) >= 11 is 5.83. The second kappa shape index (κ2) is 5.84. The van der Waals surface area contributed by atoms with E-state index in [1.807, 2.05) is 24.3 Å². The van der Waals surface area contributed by atoms with Crippen molar-refractivity contribution in [2.45, 2.75) is 13.3 Å². The van der Waals surface area contributed by atoms with Crippen LogP contribution < -0.4 is 0 Å². The van der Waals surface area contributed by atoms with E-state index in [0.717, 1.165) is 5.56 Å². The minimum atomic E-state index is -0.500. The van der Waals surface area contributed by atoms with Crippen molar-refractivity contribution in [3.63, 3.8) is 0 Å². The van der Waals surface area contributed by atoms with Crippen LogP contribution in [0.15, 0.2) is 24.3 Å². The van der Waals surface area contributed by atoms with Crippen molar-refractivity contribution >= 4 is 17.6 Å². The summed E-state index contributed by atoms with van der Waals surface area (Å²) in [5.74, 6) is 0.291. The Kier molecular flexibility index (Phi) is 4.16. The fourth-order valence-corrected chi connectivity index (χ4v) is 1.76. The zero-order chi connectivity index (χ0) is 13.8. The molecule has 0 unspecified atom stereocenters. The van der Waals surface area contributed by atoms with Gasteiger partial charge in [0.2, 0.25) is 0 Å². The average molecular weight is 280 g/mol. The normalized spacial score (nSPS) is 10.5. The number of aryl methyl sites for hydroxylation is 1. The molecule has 0 radical (unpaired) electrons. The van der Waals surface area contributed by atoms with Crippen LogP contribution in [0.1, 0.15) is 28.9 Å². The maximum atomic E-state index is 11.5. The van der Waals surface area contributed by atoms with Crippen molar-refractivity contribution in [3.8, 4) is 0 Å². The molecule has 0 aliphatic heterocycles. The van der Waals surface area contributed by atoms with Gasteiger partial charge < -0.3 is 4.74 Å². The number of ether oxygens (including phenoxy) is 1. The highest BCUT2D eigenvalue weighted by molar-refractivity contribution is 6.30. The van der Waals surface area contributed by atoms with Gasteiger partial charge in [0.05, 0.1) is 6.61 Å². The summed E-state index contributed by atoms with van der Waals surface area (Å²) in [5, 5.41) is 4.74. The van der Waals surface area contributed by atoms with Crippen molar-refractivity contribution in [1.29, 1.82) is 0 Å². The Bertz CT molecular complexity index is 578. The molecule has 0 fully saturated rings. The molecule has 0 amide bonds. The second-order valence-electron chi connectivity index (χ2n) is 4.00. The van der Waals surface area contributed by atoms with E-state index in [4.69, 9.17) is 16.3 Å². The van der Waals surface area contributed by atoms with E-state index < -0.39 is 5.97 Å². The van der Waals surface area contributed by atoms with Crippen LogP contribution in [0.4, 0.5) is 0 Å². The Morgan fingerprint density at radius 2 is 2.05 bits per heavy atom. The molecule has 0 saturated carbocycles. The summed E-state index contributed by atoms with van der Waals surface area (Å²) < 4.78 is 6.45. The topological polar surface area (TPSA) is 57.0 Å². The Balaban J connectivity index is 2.17. The van der Waals surface area contributed by atoms with E-state index >= 15 is 0 Å². The van der Waals surface area contributed by atoms with E-state index in [1.165, 1.54) is 0 Å². The number of rotatable bonds is 4. The minimum Gasteiger partial charge on any atom is -0.460 e. The van der Waals surface area contributed by atoms with Crippen LogP contribution in [-0.2, 0) is 18.2 Å². The maximum Gasteiger partial charge on any atom is 0.378 e. The quantitative estimate of drug-likeness (QED) is 0.806. The van der Waals surface area contributed by atoms with Crippen LogP contribution in [0.25, 0.3) is 0 Å².